The molecule has 0 unspecified atom stereocenters. The summed E-state index contributed by atoms with van der Waals surface area (Å²) in [5.74, 6) is -0.202. The van der Waals surface area contributed by atoms with Gasteiger partial charge >= 0.3 is 0 Å². The van der Waals surface area contributed by atoms with Gasteiger partial charge in [0.15, 0.2) is 0 Å². The van der Waals surface area contributed by atoms with Gasteiger partial charge in [-0.15, -0.1) is 0 Å². The van der Waals surface area contributed by atoms with Crippen LogP contribution in [0.5, 0.6) is 0 Å². The maximum absolute atomic E-state index is 12.5. The molecule has 1 aliphatic heterocycles. The molecule has 0 atom stereocenters. The van der Waals surface area contributed by atoms with Crippen molar-refractivity contribution in [2.45, 2.75) is 20.8 Å². The fourth-order valence-electron chi connectivity index (χ4n) is 3.34. The van der Waals surface area contributed by atoms with Crippen LogP contribution in [-0.2, 0) is 4.79 Å². The van der Waals surface area contributed by atoms with Crippen LogP contribution in [0.2, 0.25) is 15.1 Å². The fourth-order valence-corrected chi connectivity index (χ4v) is 4.01. The summed E-state index contributed by atoms with van der Waals surface area (Å²) in [5.41, 5.74) is 1.35. The van der Waals surface area contributed by atoms with Crippen LogP contribution < -0.4 is 10.2 Å². The van der Waals surface area contributed by atoms with Crippen molar-refractivity contribution < 1.29 is 9.59 Å². The third-order valence-corrected chi connectivity index (χ3v) is 5.80. The van der Waals surface area contributed by atoms with Crippen molar-refractivity contribution in [1.82, 2.24) is 4.90 Å². The summed E-state index contributed by atoms with van der Waals surface area (Å²) in [6.45, 7) is 8.50. The van der Waals surface area contributed by atoms with Crippen molar-refractivity contribution in [3.05, 3.63) is 57.0 Å². The molecule has 1 saturated heterocycles. The summed E-state index contributed by atoms with van der Waals surface area (Å²) in [7, 11) is 0. The Morgan fingerprint density at radius 3 is 2.17 bits per heavy atom. The number of nitrogens with one attached hydrogen (secondary N) is 1. The number of halogens is 3. The summed E-state index contributed by atoms with van der Waals surface area (Å²) in [6, 6.07) is 10.1. The molecule has 0 spiro atoms. The van der Waals surface area contributed by atoms with Gasteiger partial charge in [-0.1, -0.05) is 55.6 Å². The van der Waals surface area contributed by atoms with E-state index in [1.54, 1.807) is 24.3 Å². The SMILES string of the molecule is CC(C)(C)C(=O)N1CCN(c2ccc(NC(=O)c3cc(Cl)ccc3Cl)cc2Cl)CC1. The van der Waals surface area contributed by atoms with Crippen LogP contribution >= 0.6 is 34.8 Å². The molecule has 0 radical (unpaired) electrons. The largest absolute Gasteiger partial charge is 0.367 e. The minimum Gasteiger partial charge on any atom is -0.367 e. The second kappa shape index (κ2) is 9.04. The summed E-state index contributed by atoms with van der Waals surface area (Å²) in [6.07, 6.45) is 0. The van der Waals surface area contributed by atoms with Crippen LogP contribution in [0.4, 0.5) is 11.4 Å². The Balaban J connectivity index is 1.67. The first kappa shape index (κ1) is 22.7. The van der Waals surface area contributed by atoms with E-state index in [4.69, 9.17) is 34.8 Å². The average molecular weight is 469 g/mol. The molecule has 160 valence electrons. The number of nitrogens with zero attached hydrogens (tertiary/aromatic N) is 2. The minimum absolute atomic E-state index is 0.158. The van der Waals surface area contributed by atoms with Gasteiger partial charge in [-0.25, -0.2) is 0 Å². The Morgan fingerprint density at radius 2 is 1.57 bits per heavy atom. The predicted molar refractivity (Wildman–Crippen MR) is 124 cm³/mol. The lowest BCUT2D eigenvalue weighted by Crippen LogP contribution is -2.51. The zero-order chi connectivity index (χ0) is 22.1. The molecule has 1 fully saturated rings. The van der Waals surface area contributed by atoms with E-state index in [1.165, 1.54) is 6.07 Å². The topological polar surface area (TPSA) is 52.7 Å². The highest BCUT2D eigenvalue weighted by Crippen LogP contribution is 2.31. The van der Waals surface area contributed by atoms with Crippen LogP contribution in [0, 0.1) is 5.41 Å². The quantitative estimate of drug-likeness (QED) is 0.638. The average Bonchev–Trinajstić information content (AvgIpc) is 2.69. The molecule has 0 bridgehead atoms. The van der Waals surface area contributed by atoms with Crippen molar-refractivity contribution in [3.8, 4) is 0 Å². The molecule has 1 N–H and O–H groups in total. The number of benzene rings is 2. The summed E-state index contributed by atoms with van der Waals surface area (Å²) in [4.78, 5) is 29.0. The van der Waals surface area contributed by atoms with E-state index in [1.807, 2.05) is 31.7 Å². The molecule has 3 rings (SSSR count). The monoisotopic (exact) mass is 467 g/mol. The summed E-state index contributed by atoms with van der Waals surface area (Å²) < 4.78 is 0. The van der Waals surface area contributed by atoms with E-state index in [2.05, 4.69) is 10.2 Å². The van der Waals surface area contributed by atoms with E-state index < -0.39 is 0 Å². The van der Waals surface area contributed by atoms with Gasteiger partial charge in [0, 0.05) is 42.3 Å². The van der Waals surface area contributed by atoms with Crippen LogP contribution in [0.15, 0.2) is 36.4 Å². The lowest BCUT2D eigenvalue weighted by atomic mass is 9.94. The third kappa shape index (κ3) is 5.20. The van der Waals surface area contributed by atoms with Crippen molar-refractivity contribution in [2.75, 3.05) is 36.4 Å². The van der Waals surface area contributed by atoms with Gasteiger partial charge in [-0.2, -0.15) is 0 Å². The summed E-state index contributed by atoms with van der Waals surface area (Å²) in [5, 5.41) is 4.08. The number of rotatable bonds is 3. The maximum atomic E-state index is 12.5. The van der Waals surface area contributed by atoms with Gasteiger partial charge in [0.05, 0.1) is 21.3 Å². The molecule has 0 aromatic heterocycles. The van der Waals surface area contributed by atoms with Gasteiger partial charge in [0.1, 0.15) is 0 Å². The third-order valence-electron chi connectivity index (χ3n) is 4.93. The van der Waals surface area contributed by atoms with Gasteiger partial charge in [0.2, 0.25) is 5.91 Å². The molecule has 8 heteroatoms. The smallest absolute Gasteiger partial charge is 0.257 e. The molecular weight excluding hydrogens is 445 g/mol. The van der Waals surface area contributed by atoms with E-state index in [-0.39, 0.29) is 17.2 Å². The van der Waals surface area contributed by atoms with E-state index in [9.17, 15) is 9.59 Å². The number of anilines is 2. The standard InChI is InChI=1S/C22H24Cl3N3O2/c1-22(2,3)21(30)28-10-8-27(9-11-28)19-7-5-15(13-18(19)25)26-20(29)16-12-14(23)4-6-17(16)24/h4-7,12-13H,8-11H2,1-3H3,(H,26,29). The zero-order valence-corrected chi connectivity index (χ0v) is 19.4. The van der Waals surface area contributed by atoms with E-state index in [0.717, 1.165) is 5.69 Å². The number of carbonyl (C=O) groups excluding carboxylic acids is 2. The molecule has 5 nitrogen and oxygen atoms in total. The first-order valence-corrected chi connectivity index (χ1v) is 10.8. The molecule has 1 aliphatic rings. The Kier molecular flexibility index (Phi) is 6.85. The van der Waals surface area contributed by atoms with Gasteiger partial charge < -0.3 is 15.1 Å². The van der Waals surface area contributed by atoms with Crippen molar-refractivity contribution in [1.29, 1.82) is 0 Å². The Hall–Kier alpha value is -1.95. The molecule has 2 aromatic carbocycles. The highest BCUT2D eigenvalue weighted by molar-refractivity contribution is 6.36. The molecule has 0 aliphatic carbocycles. The van der Waals surface area contributed by atoms with E-state index in [0.29, 0.717) is 52.5 Å². The molecule has 30 heavy (non-hydrogen) atoms. The first-order chi connectivity index (χ1) is 14.1. The summed E-state index contributed by atoms with van der Waals surface area (Å²) >= 11 is 18.6. The number of piperazine rings is 1. The highest BCUT2D eigenvalue weighted by atomic mass is 35.5. The Morgan fingerprint density at radius 1 is 0.900 bits per heavy atom. The fraction of sp³-hybridized carbons (Fsp3) is 0.364. The van der Waals surface area contributed by atoms with Crippen molar-refractivity contribution in [3.63, 3.8) is 0 Å². The predicted octanol–water partition coefficient (Wildman–Crippen LogP) is 5.59. The van der Waals surface area contributed by atoms with E-state index >= 15 is 0 Å². The van der Waals surface area contributed by atoms with Crippen molar-refractivity contribution in [2.24, 2.45) is 5.41 Å². The lowest BCUT2D eigenvalue weighted by Gasteiger charge is -2.39. The number of carbonyl (C=O) groups is 2. The molecule has 0 saturated carbocycles. The normalized spacial score (nSPS) is 14.6. The second-order valence-electron chi connectivity index (χ2n) is 8.27. The number of hydrogen-bond donors (Lipinski definition) is 1. The Bertz CT molecular complexity index is 965. The highest BCUT2D eigenvalue weighted by Gasteiger charge is 2.30. The minimum atomic E-state index is -0.383. The first-order valence-electron chi connectivity index (χ1n) is 9.66. The molecule has 2 aromatic rings. The molecule has 2 amide bonds. The van der Waals surface area contributed by atoms with Crippen LogP contribution in [0.25, 0.3) is 0 Å². The van der Waals surface area contributed by atoms with Crippen molar-refractivity contribution >= 4 is 58.0 Å². The lowest BCUT2D eigenvalue weighted by molar-refractivity contribution is -0.139. The molecular formula is C22H24Cl3N3O2. The van der Waals surface area contributed by atoms with Gasteiger partial charge in [-0.05, 0) is 36.4 Å². The van der Waals surface area contributed by atoms with Gasteiger partial charge in [0.25, 0.3) is 5.91 Å². The van der Waals surface area contributed by atoms with Crippen LogP contribution in [0.1, 0.15) is 31.1 Å². The van der Waals surface area contributed by atoms with Crippen LogP contribution in [0.3, 0.4) is 0 Å². The number of hydrogen-bond acceptors (Lipinski definition) is 3. The van der Waals surface area contributed by atoms with Gasteiger partial charge in [-0.3, -0.25) is 9.59 Å². The Labute approximate surface area is 191 Å². The second-order valence-corrected chi connectivity index (χ2v) is 9.52. The zero-order valence-electron chi connectivity index (χ0n) is 17.1. The number of amides is 2. The molecule has 1 heterocycles. The van der Waals surface area contributed by atoms with Crippen LogP contribution in [-0.4, -0.2) is 42.9 Å². The maximum Gasteiger partial charge on any atom is 0.257 e.